The molecular weight excluding hydrogens is 249 g/mol. The normalized spacial score (nSPS) is 17.1. The quantitative estimate of drug-likeness (QED) is 0.866. The molecule has 3 N–H and O–H groups in total. The number of nitrogens with zero attached hydrogens (tertiary/aromatic N) is 1. The van der Waals surface area contributed by atoms with Crippen LogP contribution < -0.4 is 10.5 Å². The first-order valence-electron chi connectivity index (χ1n) is 5.31. The fourth-order valence-corrected chi connectivity index (χ4v) is 1.62. The van der Waals surface area contributed by atoms with E-state index in [4.69, 9.17) is 10.5 Å². The molecule has 2 atom stereocenters. The molecule has 0 spiro atoms. The van der Waals surface area contributed by atoms with Crippen molar-refractivity contribution in [1.29, 1.82) is 0 Å². The molecule has 0 bridgehead atoms. The highest BCUT2D eigenvalue weighted by Gasteiger charge is 2.58. The lowest BCUT2D eigenvalue weighted by Crippen LogP contribution is -2.55. The van der Waals surface area contributed by atoms with E-state index < -0.39 is 23.4 Å². The van der Waals surface area contributed by atoms with Crippen LogP contribution in [0.2, 0.25) is 0 Å². The number of ether oxygens (including phenoxy) is 1. The van der Waals surface area contributed by atoms with Gasteiger partial charge in [-0.05, 0) is 12.5 Å². The molecule has 1 aromatic heterocycles. The second-order valence-electron chi connectivity index (χ2n) is 3.89. The topological polar surface area (TPSA) is 68.4 Å². The van der Waals surface area contributed by atoms with Gasteiger partial charge in [0.2, 0.25) is 5.60 Å². The zero-order valence-electron chi connectivity index (χ0n) is 10.0. The van der Waals surface area contributed by atoms with Crippen LogP contribution in [0.25, 0.3) is 0 Å². The fourth-order valence-electron chi connectivity index (χ4n) is 1.62. The van der Waals surface area contributed by atoms with Crippen LogP contribution in [0.3, 0.4) is 0 Å². The van der Waals surface area contributed by atoms with Crippen molar-refractivity contribution in [2.45, 2.75) is 31.2 Å². The van der Waals surface area contributed by atoms with E-state index in [0.717, 1.165) is 12.3 Å². The summed E-state index contributed by atoms with van der Waals surface area (Å²) in [4.78, 5) is 3.61. The summed E-state index contributed by atoms with van der Waals surface area (Å²) in [5.74, 6) is 0.124. The predicted molar refractivity (Wildman–Crippen MR) is 59.0 cm³/mol. The number of halogens is 3. The molecule has 1 heterocycles. The molecule has 7 heteroatoms. The van der Waals surface area contributed by atoms with Crippen molar-refractivity contribution in [3.8, 4) is 5.75 Å². The highest BCUT2D eigenvalue weighted by Crippen LogP contribution is 2.42. The Morgan fingerprint density at radius 1 is 1.44 bits per heavy atom. The van der Waals surface area contributed by atoms with E-state index in [-0.39, 0.29) is 12.2 Å². The summed E-state index contributed by atoms with van der Waals surface area (Å²) in [5, 5.41) is 9.96. The molecule has 0 aromatic carbocycles. The Hall–Kier alpha value is -1.34. The number of aliphatic hydroxyl groups is 1. The Labute approximate surface area is 103 Å². The van der Waals surface area contributed by atoms with E-state index in [1.807, 2.05) is 0 Å². The zero-order chi connectivity index (χ0) is 14.0. The van der Waals surface area contributed by atoms with Gasteiger partial charge in [0.1, 0.15) is 5.75 Å². The molecule has 4 nitrogen and oxygen atoms in total. The minimum atomic E-state index is -4.89. The summed E-state index contributed by atoms with van der Waals surface area (Å²) in [7, 11) is 1.30. The van der Waals surface area contributed by atoms with Gasteiger partial charge in [0, 0.05) is 17.8 Å². The van der Waals surface area contributed by atoms with Crippen molar-refractivity contribution < 1.29 is 23.0 Å². The fraction of sp³-hybridized carbons (Fsp3) is 0.545. The minimum absolute atomic E-state index is 0.0345. The molecular formula is C11H15F3N2O2. The smallest absolute Gasteiger partial charge is 0.423 e. The average Bonchev–Trinajstić information content (AvgIpc) is 2.35. The van der Waals surface area contributed by atoms with Gasteiger partial charge in [-0.2, -0.15) is 13.2 Å². The van der Waals surface area contributed by atoms with Gasteiger partial charge in [0.15, 0.2) is 0 Å². The minimum Gasteiger partial charge on any atom is -0.495 e. The van der Waals surface area contributed by atoms with Gasteiger partial charge in [0.25, 0.3) is 0 Å². The predicted octanol–water partition coefficient (Wildman–Crippen LogP) is 1.58. The largest absolute Gasteiger partial charge is 0.495 e. The van der Waals surface area contributed by atoms with Crippen LogP contribution >= 0.6 is 0 Å². The van der Waals surface area contributed by atoms with Crippen LogP contribution in [0.4, 0.5) is 13.2 Å². The van der Waals surface area contributed by atoms with Gasteiger partial charge in [0.05, 0.1) is 13.3 Å². The third kappa shape index (κ3) is 2.41. The van der Waals surface area contributed by atoms with E-state index in [1.54, 1.807) is 0 Å². The van der Waals surface area contributed by atoms with Gasteiger partial charge in [-0.15, -0.1) is 0 Å². The lowest BCUT2D eigenvalue weighted by molar-refractivity contribution is -0.274. The third-order valence-corrected chi connectivity index (χ3v) is 2.80. The lowest BCUT2D eigenvalue weighted by Gasteiger charge is -2.35. The van der Waals surface area contributed by atoms with Crippen molar-refractivity contribution in [2.24, 2.45) is 5.73 Å². The third-order valence-electron chi connectivity index (χ3n) is 2.80. The summed E-state index contributed by atoms with van der Waals surface area (Å²) >= 11 is 0. The first kappa shape index (κ1) is 14.7. The van der Waals surface area contributed by atoms with Crippen molar-refractivity contribution >= 4 is 0 Å². The molecule has 0 aliphatic heterocycles. The molecule has 102 valence electrons. The highest BCUT2D eigenvalue weighted by molar-refractivity contribution is 5.30. The van der Waals surface area contributed by atoms with Gasteiger partial charge < -0.3 is 15.6 Å². The summed E-state index contributed by atoms with van der Waals surface area (Å²) in [5.41, 5.74) is 1.86. The van der Waals surface area contributed by atoms with E-state index in [1.165, 1.54) is 20.2 Å². The maximum absolute atomic E-state index is 13.1. The average molecular weight is 264 g/mol. The first-order valence-corrected chi connectivity index (χ1v) is 5.31. The number of nitrogens with two attached hydrogens (primary N) is 1. The van der Waals surface area contributed by atoms with Crippen LogP contribution in [-0.4, -0.2) is 29.4 Å². The van der Waals surface area contributed by atoms with E-state index >= 15 is 0 Å². The van der Waals surface area contributed by atoms with Gasteiger partial charge in [-0.3, -0.25) is 4.98 Å². The second-order valence-corrected chi connectivity index (χ2v) is 3.89. The molecule has 0 aliphatic carbocycles. The number of pyridine rings is 1. The van der Waals surface area contributed by atoms with Crippen molar-refractivity contribution in [3.05, 3.63) is 24.0 Å². The molecule has 18 heavy (non-hydrogen) atoms. The van der Waals surface area contributed by atoms with Gasteiger partial charge in [-0.25, -0.2) is 0 Å². The van der Waals surface area contributed by atoms with Crippen LogP contribution in [0.15, 0.2) is 18.5 Å². The summed E-state index contributed by atoms with van der Waals surface area (Å²) in [6, 6.07) is -0.401. The molecule has 2 unspecified atom stereocenters. The molecule has 0 radical (unpaired) electrons. The number of aromatic nitrogens is 1. The molecule has 1 rings (SSSR count). The van der Waals surface area contributed by atoms with E-state index in [0.29, 0.717) is 0 Å². The van der Waals surface area contributed by atoms with Crippen molar-refractivity contribution in [2.75, 3.05) is 7.11 Å². The molecule has 0 fully saturated rings. The Kier molecular flexibility index (Phi) is 4.18. The van der Waals surface area contributed by atoms with Crippen molar-refractivity contribution in [1.82, 2.24) is 4.98 Å². The Balaban J connectivity index is 3.34. The van der Waals surface area contributed by atoms with E-state index in [9.17, 15) is 18.3 Å². The molecule has 0 aliphatic rings. The van der Waals surface area contributed by atoms with Crippen LogP contribution in [0.5, 0.6) is 5.75 Å². The summed E-state index contributed by atoms with van der Waals surface area (Å²) in [6.07, 6.45) is -2.74. The number of methoxy groups -OCH3 is 1. The van der Waals surface area contributed by atoms with Gasteiger partial charge >= 0.3 is 6.18 Å². The Morgan fingerprint density at radius 2 is 2.06 bits per heavy atom. The molecule has 1 aromatic rings. The zero-order valence-corrected chi connectivity index (χ0v) is 10.0. The highest BCUT2D eigenvalue weighted by atomic mass is 19.4. The second kappa shape index (κ2) is 5.11. The first-order chi connectivity index (χ1) is 8.27. The monoisotopic (exact) mass is 264 g/mol. The van der Waals surface area contributed by atoms with Crippen molar-refractivity contribution in [3.63, 3.8) is 0 Å². The Morgan fingerprint density at radius 3 is 2.50 bits per heavy atom. The van der Waals surface area contributed by atoms with Crippen LogP contribution in [0.1, 0.15) is 18.9 Å². The number of alkyl halides is 3. The standard InChI is InChI=1S/C11H15F3N2O2/c1-3-9(15)10(17,11(12,13)14)7-4-8(18-2)6-16-5-7/h4-6,9,17H,3,15H2,1-2H3. The summed E-state index contributed by atoms with van der Waals surface area (Å²) < 4.78 is 44.0. The van der Waals surface area contributed by atoms with Crippen LogP contribution in [-0.2, 0) is 5.60 Å². The summed E-state index contributed by atoms with van der Waals surface area (Å²) in [6.45, 7) is 1.47. The number of hydrogen-bond donors (Lipinski definition) is 2. The maximum Gasteiger partial charge on any atom is 0.423 e. The lowest BCUT2D eigenvalue weighted by atomic mass is 9.85. The van der Waals surface area contributed by atoms with E-state index in [2.05, 4.69) is 4.98 Å². The molecule has 0 amide bonds. The molecule has 0 saturated carbocycles. The number of hydrogen-bond acceptors (Lipinski definition) is 4. The molecule has 0 saturated heterocycles. The Bertz CT molecular complexity index is 412. The van der Waals surface area contributed by atoms with Gasteiger partial charge in [-0.1, -0.05) is 6.92 Å². The maximum atomic E-state index is 13.1. The number of rotatable bonds is 4. The SMILES string of the molecule is CCC(N)C(O)(c1cncc(OC)c1)C(F)(F)F. The van der Waals surface area contributed by atoms with Crippen LogP contribution in [0, 0.1) is 0 Å².